The molecule has 2 N–H and O–H groups in total. The van der Waals surface area contributed by atoms with Crippen molar-refractivity contribution < 1.29 is 68.0 Å². The number of aromatic nitrogens is 2. The summed E-state index contributed by atoms with van der Waals surface area (Å²) in [7, 11) is 3.01. The number of rotatable bonds is 13. The summed E-state index contributed by atoms with van der Waals surface area (Å²) in [5, 5.41) is 35.8. The molecule has 2 aromatic carbocycles. The molecule has 0 spiro atoms. The number of hydrogen-bond acceptors (Lipinski definition) is 7. The minimum absolute atomic E-state index is 0. The first-order chi connectivity index (χ1) is 18.9. The molecule has 41 heavy (non-hydrogen) atoms. The molecular formula is C29H34F2N3NaO6. The number of carbonyl (C=O) groups is 2. The van der Waals surface area contributed by atoms with Gasteiger partial charge in [0.1, 0.15) is 17.4 Å². The number of aliphatic hydroxyl groups excluding tert-OH is 2. The molecular weight excluding hydrogens is 547 g/mol. The Balaban J connectivity index is 0.00000588. The van der Waals surface area contributed by atoms with Gasteiger partial charge >= 0.3 is 29.6 Å². The summed E-state index contributed by atoms with van der Waals surface area (Å²) >= 11 is 0. The maximum atomic E-state index is 13.7. The normalized spacial score (nSPS) is 12.5. The zero-order chi connectivity index (χ0) is 29.6. The number of aliphatic hydroxyl groups is 2. The maximum absolute atomic E-state index is 13.7. The van der Waals surface area contributed by atoms with E-state index in [4.69, 9.17) is 4.74 Å². The second-order valence-corrected chi connectivity index (χ2v) is 10.0. The molecule has 12 heteroatoms. The molecule has 0 saturated heterocycles. The fourth-order valence-electron chi connectivity index (χ4n) is 4.63. The standard InChI is InChI=1S/C29H35F2N3O6.Na/c1-17(2)27-24(12-11-22(35)14-23(36)15-26(37)38)34(21-9-7-19(30)8-10-21)32-28(27)29(39)33(3)16-18-5-6-20(31)13-25(18)40-4;/h5-10,13,17,22-23,35-36H,11-12,14-16H2,1-4H3,(H,37,38);/q;+1/p-1. The van der Waals surface area contributed by atoms with Gasteiger partial charge in [0.25, 0.3) is 5.91 Å². The second-order valence-electron chi connectivity index (χ2n) is 10.0. The van der Waals surface area contributed by atoms with Crippen LogP contribution in [0.15, 0.2) is 42.5 Å². The molecule has 0 fully saturated rings. The smallest absolute Gasteiger partial charge is 0.550 e. The number of halogens is 2. The van der Waals surface area contributed by atoms with E-state index < -0.39 is 42.1 Å². The van der Waals surface area contributed by atoms with Gasteiger partial charge < -0.3 is 29.8 Å². The van der Waals surface area contributed by atoms with E-state index in [2.05, 4.69) is 5.10 Å². The van der Waals surface area contributed by atoms with Gasteiger partial charge in [-0.25, -0.2) is 13.5 Å². The fraction of sp³-hybridized carbons (Fsp3) is 0.414. The van der Waals surface area contributed by atoms with Crippen molar-refractivity contribution in [3.63, 3.8) is 0 Å². The molecule has 9 nitrogen and oxygen atoms in total. The average Bonchev–Trinajstić information content (AvgIpc) is 3.27. The zero-order valence-corrected chi connectivity index (χ0v) is 25.9. The third-order valence-corrected chi connectivity index (χ3v) is 6.54. The van der Waals surface area contributed by atoms with Crippen molar-refractivity contribution in [2.24, 2.45) is 0 Å². The summed E-state index contributed by atoms with van der Waals surface area (Å²) in [6.45, 7) is 3.91. The molecule has 0 bridgehead atoms. The van der Waals surface area contributed by atoms with E-state index >= 15 is 0 Å². The Hall–Kier alpha value is -2.83. The van der Waals surface area contributed by atoms with E-state index in [0.29, 0.717) is 28.3 Å². The summed E-state index contributed by atoms with van der Waals surface area (Å²) in [4.78, 5) is 25.9. The van der Waals surface area contributed by atoms with Gasteiger partial charge in [0, 0.05) is 48.9 Å². The van der Waals surface area contributed by atoms with Crippen molar-refractivity contribution in [1.82, 2.24) is 14.7 Å². The molecule has 0 aliphatic rings. The van der Waals surface area contributed by atoms with Gasteiger partial charge in [0.05, 0.1) is 25.0 Å². The van der Waals surface area contributed by atoms with Crippen LogP contribution in [-0.2, 0) is 17.8 Å². The van der Waals surface area contributed by atoms with Crippen molar-refractivity contribution in [2.75, 3.05) is 14.2 Å². The number of methoxy groups -OCH3 is 1. The van der Waals surface area contributed by atoms with Crippen molar-refractivity contribution in [3.8, 4) is 11.4 Å². The monoisotopic (exact) mass is 581 g/mol. The van der Waals surface area contributed by atoms with Crippen LogP contribution in [-0.4, -0.2) is 63.1 Å². The first-order valence-corrected chi connectivity index (χ1v) is 12.9. The van der Waals surface area contributed by atoms with Gasteiger partial charge in [-0.1, -0.05) is 19.9 Å². The maximum Gasteiger partial charge on any atom is 1.00 e. The van der Waals surface area contributed by atoms with E-state index in [1.54, 1.807) is 17.8 Å². The molecule has 3 aromatic rings. The topological polar surface area (TPSA) is 128 Å². The average molecular weight is 582 g/mol. The number of carboxylic acids is 1. The molecule has 1 heterocycles. The summed E-state index contributed by atoms with van der Waals surface area (Å²) < 4.78 is 34.2. The van der Waals surface area contributed by atoms with Gasteiger partial charge in [-0.2, -0.15) is 5.10 Å². The van der Waals surface area contributed by atoms with Crippen LogP contribution >= 0.6 is 0 Å². The first kappa shape index (κ1) is 34.4. The molecule has 0 saturated carbocycles. The van der Waals surface area contributed by atoms with Crippen molar-refractivity contribution in [3.05, 3.63) is 76.6 Å². The van der Waals surface area contributed by atoms with Crippen LogP contribution in [0.2, 0.25) is 0 Å². The number of aliphatic carboxylic acids is 1. The van der Waals surface area contributed by atoms with Crippen molar-refractivity contribution in [1.29, 1.82) is 0 Å². The molecule has 0 aliphatic carbocycles. The van der Waals surface area contributed by atoms with Crippen LogP contribution < -0.4 is 39.4 Å². The summed E-state index contributed by atoms with van der Waals surface area (Å²) in [5.41, 5.74) is 2.53. The Bertz CT molecular complexity index is 1330. The number of ether oxygens (including phenoxy) is 1. The molecule has 1 amide bonds. The van der Waals surface area contributed by atoms with Crippen LogP contribution in [0.25, 0.3) is 5.69 Å². The molecule has 3 rings (SSSR count). The van der Waals surface area contributed by atoms with E-state index in [1.807, 2.05) is 13.8 Å². The number of nitrogens with zero attached hydrogens (tertiary/aromatic N) is 3. The van der Waals surface area contributed by atoms with Crippen molar-refractivity contribution >= 4 is 11.9 Å². The van der Waals surface area contributed by atoms with Crippen LogP contribution in [0, 0.1) is 11.6 Å². The first-order valence-electron chi connectivity index (χ1n) is 12.9. The third kappa shape index (κ3) is 9.08. The quantitative estimate of drug-likeness (QED) is 0.267. The number of benzene rings is 2. The van der Waals surface area contributed by atoms with Crippen LogP contribution in [0.1, 0.15) is 66.3 Å². The number of hydrogen-bond donors (Lipinski definition) is 2. The van der Waals surface area contributed by atoms with Crippen LogP contribution in [0.5, 0.6) is 5.75 Å². The fourth-order valence-corrected chi connectivity index (χ4v) is 4.63. The Morgan fingerprint density at radius 2 is 1.71 bits per heavy atom. The Morgan fingerprint density at radius 3 is 2.29 bits per heavy atom. The number of amides is 1. The number of carboxylic acid groups (broad SMARTS) is 1. The SMILES string of the molecule is COc1cc(F)ccc1CN(C)C(=O)c1nn(-c2ccc(F)cc2)c(CCC(O)CC(O)CC(=O)[O-])c1C(C)C.[Na+]. The molecule has 2 atom stereocenters. The van der Waals surface area contributed by atoms with Gasteiger partial charge in [-0.3, -0.25) is 4.79 Å². The van der Waals surface area contributed by atoms with Gasteiger partial charge in [0.2, 0.25) is 0 Å². The molecule has 0 radical (unpaired) electrons. The van der Waals surface area contributed by atoms with E-state index in [9.17, 15) is 33.7 Å². The predicted octanol–water partition coefficient (Wildman–Crippen LogP) is -0.257. The molecule has 2 unspecified atom stereocenters. The molecule has 216 valence electrons. The molecule has 0 aliphatic heterocycles. The third-order valence-electron chi connectivity index (χ3n) is 6.54. The van der Waals surface area contributed by atoms with Crippen LogP contribution in [0.3, 0.4) is 0 Å². The Kier molecular flexibility index (Phi) is 12.9. The largest absolute Gasteiger partial charge is 1.00 e. The second kappa shape index (κ2) is 15.4. The predicted molar refractivity (Wildman–Crippen MR) is 141 cm³/mol. The Labute approximate surface area is 260 Å². The minimum atomic E-state index is -1.42. The Morgan fingerprint density at radius 1 is 1.07 bits per heavy atom. The van der Waals surface area contributed by atoms with E-state index in [1.165, 1.54) is 48.4 Å². The minimum Gasteiger partial charge on any atom is -0.550 e. The zero-order valence-electron chi connectivity index (χ0n) is 23.9. The van der Waals surface area contributed by atoms with Gasteiger partial charge in [-0.05, 0) is 55.5 Å². The summed E-state index contributed by atoms with van der Waals surface area (Å²) in [6.07, 6.45) is -2.66. The number of carbonyl (C=O) groups excluding carboxylic acids is 2. The summed E-state index contributed by atoms with van der Waals surface area (Å²) in [6, 6.07) is 9.66. The van der Waals surface area contributed by atoms with Crippen molar-refractivity contribution in [2.45, 2.75) is 64.2 Å². The van der Waals surface area contributed by atoms with Crippen LogP contribution in [0.4, 0.5) is 8.78 Å². The van der Waals surface area contributed by atoms with E-state index in [0.717, 1.165) is 0 Å². The van der Waals surface area contributed by atoms with Gasteiger partial charge in [-0.15, -0.1) is 0 Å². The summed E-state index contributed by atoms with van der Waals surface area (Å²) in [5.74, 6) is -2.59. The van der Waals surface area contributed by atoms with E-state index in [-0.39, 0.29) is 67.0 Å². The van der Waals surface area contributed by atoms with Gasteiger partial charge in [0.15, 0.2) is 5.69 Å². The molecule has 1 aromatic heterocycles.